The molecule has 0 radical (unpaired) electrons. The second kappa shape index (κ2) is 7.51. The summed E-state index contributed by atoms with van der Waals surface area (Å²) in [4.78, 5) is 10.4. The third-order valence-electron chi connectivity index (χ3n) is 2.51. The minimum Gasteiger partial charge on any atom is -0.545 e. The number of halogens is 1. The van der Waals surface area contributed by atoms with Crippen LogP contribution >= 0.6 is 11.6 Å². The molecule has 0 N–H and O–H groups in total. The number of carbonyl (C=O) groups excluding carboxylic acids is 1. The van der Waals surface area contributed by atoms with Crippen LogP contribution in [0.1, 0.15) is 5.56 Å². The van der Waals surface area contributed by atoms with Gasteiger partial charge in [-0.15, -0.1) is 0 Å². The Balaban J connectivity index is 0.00000180. The van der Waals surface area contributed by atoms with Crippen LogP contribution in [0.15, 0.2) is 54.6 Å². The van der Waals surface area contributed by atoms with Crippen LogP contribution in [0.3, 0.4) is 0 Å². The Morgan fingerprint density at radius 3 is 2.37 bits per heavy atom. The maximum absolute atomic E-state index is 10.4. The summed E-state index contributed by atoms with van der Waals surface area (Å²) in [5.41, 5.74) is 2.52. The van der Waals surface area contributed by atoms with Gasteiger partial charge in [-0.1, -0.05) is 66.2 Å². The summed E-state index contributed by atoms with van der Waals surface area (Å²) in [6.45, 7) is 0. The van der Waals surface area contributed by atoms with E-state index in [9.17, 15) is 9.90 Å². The fourth-order valence-corrected chi connectivity index (χ4v) is 1.98. The fourth-order valence-electron chi connectivity index (χ4n) is 1.68. The number of benzene rings is 2. The molecule has 2 rings (SSSR count). The Labute approximate surface area is 139 Å². The Hall–Kier alpha value is -1.06. The predicted molar refractivity (Wildman–Crippen MR) is 70.9 cm³/mol. The molecule has 0 saturated heterocycles. The number of hydrogen-bond donors (Lipinski definition) is 0. The van der Waals surface area contributed by atoms with Crippen molar-refractivity contribution in [3.8, 4) is 11.1 Å². The molecule has 4 heteroatoms. The van der Waals surface area contributed by atoms with Crippen LogP contribution in [0.5, 0.6) is 0 Å². The third-order valence-corrected chi connectivity index (χ3v) is 2.93. The second-order valence-corrected chi connectivity index (χ2v) is 4.11. The molecule has 0 fully saturated rings. The number of aliphatic carboxylic acids is 1. The average Bonchev–Trinajstić information content (AvgIpc) is 2.38. The molecule has 2 aromatic carbocycles. The summed E-state index contributed by atoms with van der Waals surface area (Å²) in [6.07, 6.45) is 2.40. The largest absolute Gasteiger partial charge is 1.00 e. The molecule has 0 heterocycles. The molecule has 0 amide bonds. The van der Waals surface area contributed by atoms with Crippen LogP contribution < -0.4 is 34.7 Å². The molecule has 0 aliphatic rings. The monoisotopic (exact) mass is 280 g/mol. The van der Waals surface area contributed by atoms with Crippen molar-refractivity contribution in [2.75, 3.05) is 0 Å². The predicted octanol–water partition coefficient (Wildman–Crippen LogP) is -0.226. The van der Waals surface area contributed by atoms with Gasteiger partial charge in [-0.25, -0.2) is 0 Å². The minimum absolute atomic E-state index is 0. The molecule has 0 bridgehead atoms. The zero-order valence-corrected chi connectivity index (χ0v) is 13.2. The average molecular weight is 281 g/mol. The standard InChI is InChI=1S/C15H11ClO2.Na/c16-15-12(9-10-14(17)18)7-4-8-13(15)11-5-2-1-3-6-11;/h1-10H,(H,17,18);/q;+1/p-1. The Kier molecular flexibility index (Phi) is 6.32. The summed E-state index contributed by atoms with van der Waals surface area (Å²) in [5, 5.41) is 10.9. The van der Waals surface area contributed by atoms with Crippen molar-refractivity contribution < 1.29 is 39.5 Å². The van der Waals surface area contributed by atoms with E-state index in [0.717, 1.165) is 17.2 Å². The van der Waals surface area contributed by atoms with Crippen molar-refractivity contribution in [2.45, 2.75) is 0 Å². The van der Waals surface area contributed by atoms with Gasteiger partial charge in [-0.05, 0) is 17.2 Å². The van der Waals surface area contributed by atoms with Crippen molar-refractivity contribution >= 4 is 23.6 Å². The van der Waals surface area contributed by atoms with E-state index in [-0.39, 0.29) is 29.6 Å². The van der Waals surface area contributed by atoms with Crippen molar-refractivity contribution in [1.82, 2.24) is 0 Å². The third kappa shape index (κ3) is 4.22. The van der Waals surface area contributed by atoms with E-state index in [1.807, 2.05) is 42.5 Å². The minimum atomic E-state index is -1.24. The van der Waals surface area contributed by atoms with Gasteiger partial charge in [0.2, 0.25) is 0 Å². The number of hydrogen-bond acceptors (Lipinski definition) is 2. The van der Waals surface area contributed by atoms with Crippen LogP contribution in [0.2, 0.25) is 5.02 Å². The van der Waals surface area contributed by atoms with E-state index in [1.165, 1.54) is 6.08 Å². The molecule has 0 aliphatic carbocycles. The summed E-state index contributed by atoms with van der Waals surface area (Å²) in [5.74, 6) is -1.24. The molecule has 0 aromatic heterocycles. The maximum Gasteiger partial charge on any atom is 1.00 e. The van der Waals surface area contributed by atoms with Gasteiger partial charge in [0.15, 0.2) is 0 Å². The van der Waals surface area contributed by atoms with E-state index in [0.29, 0.717) is 10.6 Å². The van der Waals surface area contributed by atoms with Gasteiger partial charge in [0.25, 0.3) is 0 Å². The molecule has 2 aromatic rings. The number of carboxylic acid groups (broad SMARTS) is 1. The van der Waals surface area contributed by atoms with E-state index < -0.39 is 5.97 Å². The maximum atomic E-state index is 10.4. The van der Waals surface area contributed by atoms with Gasteiger partial charge in [-0.2, -0.15) is 0 Å². The first-order valence-electron chi connectivity index (χ1n) is 5.41. The van der Waals surface area contributed by atoms with Crippen LogP contribution in [0, 0.1) is 0 Å². The molecule has 0 aliphatic heterocycles. The van der Waals surface area contributed by atoms with Crippen molar-refractivity contribution in [2.24, 2.45) is 0 Å². The zero-order chi connectivity index (χ0) is 13.0. The molecule has 0 saturated carbocycles. The Bertz CT molecular complexity index is 594. The van der Waals surface area contributed by atoms with Crippen LogP contribution in [-0.4, -0.2) is 5.97 Å². The van der Waals surface area contributed by atoms with Gasteiger partial charge in [-0.3, -0.25) is 0 Å². The van der Waals surface area contributed by atoms with Gasteiger partial charge < -0.3 is 9.90 Å². The van der Waals surface area contributed by atoms with Gasteiger partial charge in [0.1, 0.15) is 0 Å². The zero-order valence-electron chi connectivity index (χ0n) is 10.5. The van der Waals surface area contributed by atoms with Crippen LogP contribution in [0.4, 0.5) is 0 Å². The Morgan fingerprint density at radius 1 is 1.05 bits per heavy atom. The van der Waals surface area contributed by atoms with E-state index >= 15 is 0 Å². The van der Waals surface area contributed by atoms with E-state index in [1.54, 1.807) is 6.07 Å². The molecule has 0 unspecified atom stereocenters. The summed E-state index contributed by atoms with van der Waals surface area (Å²) < 4.78 is 0. The van der Waals surface area contributed by atoms with Crippen LogP contribution in [0.25, 0.3) is 17.2 Å². The fraction of sp³-hybridized carbons (Fsp3) is 0. The topological polar surface area (TPSA) is 40.1 Å². The number of carboxylic acids is 1. The normalized spacial score (nSPS) is 10.2. The molecular formula is C15H10ClNaO2. The molecular weight excluding hydrogens is 271 g/mol. The molecule has 2 nitrogen and oxygen atoms in total. The van der Waals surface area contributed by atoms with Crippen molar-refractivity contribution in [3.05, 3.63) is 65.2 Å². The van der Waals surface area contributed by atoms with E-state index in [2.05, 4.69) is 0 Å². The van der Waals surface area contributed by atoms with Crippen LogP contribution in [-0.2, 0) is 4.79 Å². The first-order chi connectivity index (χ1) is 8.68. The van der Waals surface area contributed by atoms with E-state index in [4.69, 9.17) is 11.6 Å². The quantitative estimate of drug-likeness (QED) is 0.576. The van der Waals surface area contributed by atoms with Crippen molar-refractivity contribution in [1.29, 1.82) is 0 Å². The van der Waals surface area contributed by atoms with Crippen molar-refractivity contribution in [3.63, 3.8) is 0 Å². The smallest absolute Gasteiger partial charge is 0.545 e. The molecule has 0 spiro atoms. The molecule has 19 heavy (non-hydrogen) atoms. The molecule has 0 atom stereocenters. The number of carbonyl (C=O) groups is 1. The van der Waals surface area contributed by atoms with Gasteiger partial charge in [0.05, 0.1) is 11.0 Å². The first-order valence-corrected chi connectivity index (χ1v) is 5.79. The van der Waals surface area contributed by atoms with Gasteiger partial charge >= 0.3 is 29.6 Å². The van der Waals surface area contributed by atoms with Gasteiger partial charge in [0, 0.05) is 5.56 Å². The molecule has 90 valence electrons. The summed E-state index contributed by atoms with van der Waals surface area (Å²) >= 11 is 6.26. The summed E-state index contributed by atoms with van der Waals surface area (Å²) in [7, 11) is 0. The number of rotatable bonds is 3. The second-order valence-electron chi connectivity index (χ2n) is 3.73. The summed E-state index contributed by atoms with van der Waals surface area (Å²) in [6, 6.07) is 15.2. The first kappa shape index (κ1) is 16.0. The Morgan fingerprint density at radius 2 is 1.74 bits per heavy atom. The SMILES string of the molecule is O=C([O-])C=Cc1cccc(-c2ccccc2)c1Cl.[Na+].